The quantitative estimate of drug-likeness (QED) is 0.501. The van der Waals surface area contributed by atoms with Gasteiger partial charge in [-0.15, -0.1) is 0 Å². The third-order valence-electron chi connectivity index (χ3n) is 3.60. The summed E-state index contributed by atoms with van der Waals surface area (Å²) in [5, 5.41) is 16.4. The highest BCUT2D eigenvalue weighted by Crippen LogP contribution is 2.26. The first-order valence-corrected chi connectivity index (χ1v) is 7.45. The lowest BCUT2D eigenvalue weighted by atomic mass is 10.1. The van der Waals surface area contributed by atoms with Crippen molar-refractivity contribution in [2.24, 2.45) is 0 Å². The van der Waals surface area contributed by atoms with Crippen LogP contribution in [0.4, 0.5) is 16.2 Å². The van der Waals surface area contributed by atoms with Gasteiger partial charge in [-0.05, 0) is 18.9 Å². The van der Waals surface area contributed by atoms with E-state index in [2.05, 4.69) is 10.6 Å². The molecule has 2 rings (SSSR count). The number of hydrogen-bond donors (Lipinski definition) is 2. The number of anilines is 1. The second kappa shape index (κ2) is 7.26. The summed E-state index contributed by atoms with van der Waals surface area (Å²) in [6, 6.07) is 3.84. The number of hydrogen-bond acceptors (Lipinski definition) is 3. The second-order valence-electron chi connectivity index (χ2n) is 5.21. The summed E-state index contributed by atoms with van der Waals surface area (Å²) in [4.78, 5) is 22.1. The van der Waals surface area contributed by atoms with Crippen molar-refractivity contribution in [3.8, 4) is 0 Å². The zero-order chi connectivity index (χ0) is 15.2. The molecule has 0 atom stereocenters. The van der Waals surface area contributed by atoms with E-state index in [9.17, 15) is 14.9 Å². The van der Waals surface area contributed by atoms with Crippen molar-refractivity contribution in [2.45, 2.75) is 44.6 Å². The number of benzene rings is 1. The molecule has 7 heteroatoms. The normalized spacial score (nSPS) is 16.0. The van der Waals surface area contributed by atoms with E-state index in [4.69, 9.17) is 11.6 Å². The summed E-state index contributed by atoms with van der Waals surface area (Å²) in [7, 11) is 0. The van der Waals surface area contributed by atoms with Gasteiger partial charge < -0.3 is 10.6 Å². The first-order chi connectivity index (χ1) is 10.1. The van der Waals surface area contributed by atoms with E-state index >= 15 is 0 Å². The fourth-order valence-corrected chi connectivity index (χ4v) is 2.71. The number of nitrogens with one attached hydrogen (secondary N) is 2. The monoisotopic (exact) mass is 311 g/mol. The van der Waals surface area contributed by atoms with Crippen LogP contribution in [-0.4, -0.2) is 17.0 Å². The molecule has 0 heterocycles. The average Bonchev–Trinajstić information content (AvgIpc) is 2.69. The Morgan fingerprint density at radius 1 is 1.24 bits per heavy atom. The van der Waals surface area contributed by atoms with Crippen molar-refractivity contribution < 1.29 is 9.72 Å². The molecule has 1 aromatic carbocycles. The van der Waals surface area contributed by atoms with E-state index in [1.165, 1.54) is 31.0 Å². The van der Waals surface area contributed by atoms with Crippen LogP contribution in [0.1, 0.15) is 38.5 Å². The zero-order valence-electron chi connectivity index (χ0n) is 11.6. The summed E-state index contributed by atoms with van der Waals surface area (Å²) in [6.07, 6.45) is 6.66. The fourth-order valence-electron chi connectivity index (χ4n) is 2.49. The van der Waals surface area contributed by atoms with Crippen LogP contribution in [0.15, 0.2) is 18.2 Å². The van der Waals surface area contributed by atoms with Gasteiger partial charge in [0.15, 0.2) is 0 Å². The number of rotatable bonds is 3. The summed E-state index contributed by atoms with van der Waals surface area (Å²) in [6.45, 7) is 0. The molecule has 0 spiro atoms. The van der Waals surface area contributed by atoms with E-state index in [0.717, 1.165) is 25.7 Å². The SMILES string of the molecule is O=C(Nc1ccc([N+](=O)[O-])cc1Cl)NC1CCCCCC1. The van der Waals surface area contributed by atoms with Crippen LogP contribution < -0.4 is 10.6 Å². The van der Waals surface area contributed by atoms with Crippen LogP contribution in [0.25, 0.3) is 0 Å². The van der Waals surface area contributed by atoms with Gasteiger partial charge >= 0.3 is 6.03 Å². The summed E-state index contributed by atoms with van der Waals surface area (Å²) < 4.78 is 0. The highest BCUT2D eigenvalue weighted by molar-refractivity contribution is 6.33. The van der Waals surface area contributed by atoms with E-state index in [-0.39, 0.29) is 22.8 Å². The number of carbonyl (C=O) groups is 1. The number of nitrogens with zero attached hydrogens (tertiary/aromatic N) is 1. The van der Waals surface area contributed by atoms with Crippen molar-refractivity contribution in [1.82, 2.24) is 5.32 Å². The van der Waals surface area contributed by atoms with Crippen molar-refractivity contribution in [2.75, 3.05) is 5.32 Å². The van der Waals surface area contributed by atoms with Gasteiger partial charge in [0.05, 0.1) is 15.6 Å². The van der Waals surface area contributed by atoms with Gasteiger partial charge in [-0.2, -0.15) is 0 Å². The maximum atomic E-state index is 11.9. The molecule has 21 heavy (non-hydrogen) atoms. The molecular formula is C14H18ClN3O3. The Bertz CT molecular complexity index is 528. The Hall–Kier alpha value is -1.82. The Kier molecular flexibility index (Phi) is 5.38. The van der Waals surface area contributed by atoms with Crippen molar-refractivity contribution in [1.29, 1.82) is 0 Å². The second-order valence-corrected chi connectivity index (χ2v) is 5.62. The van der Waals surface area contributed by atoms with Gasteiger partial charge in [-0.3, -0.25) is 10.1 Å². The minimum atomic E-state index is -0.527. The number of non-ortho nitro benzene ring substituents is 1. The Balaban J connectivity index is 1.94. The Labute approximate surface area is 128 Å². The molecule has 1 aliphatic rings. The van der Waals surface area contributed by atoms with Crippen LogP contribution in [0.2, 0.25) is 5.02 Å². The molecule has 1 saturated carbocycles. The van der Waals surface area contributed by atoms with Gasteiger partial charge in [-0.25, -0.2) is 4.79 Å². The maximum absolute atomic E-state index is 11.9. The lowest BCUT2D eigenvalue weighted by Gasteiger charge is -2.17. The van der Waals surface area contributed by atoms with Crippen LogP contribution in [0.5, 0.6) is 0 Å². The number of urea groups is 1. The Morgan fingerprint density at radius 2 is 1.90 bits per heavy atom. The topological polar surface area (TPSA) is 84.3 Å². The van der Waals surface area contributed by atoms with Gasteiger partial charge in [-0.1, -0.05) is 37.3 Å². The lowest BCUT2D eigenvalue weighted by molar-refractivity contribution is -0.384. The molecule has 0 radical (unpaired) electrons. The van der Waals surface area contributed by atoms with Crippen LogP contribution in [-0.2, 0) is 0 Å². The molecule has 1 aromatic rings. The first-order valence-electron chi connectivity index (χ1n) is 7.08. The standard InChI is InChI=1S/C14H18ClN3O3/c15-12-9-11(18(20)21)7-8-13(12)17-14(19)16-10-5-3-1-2-4-6-10/h7-10H,1-6H2,(H2,16,17,19). The van der Waals surface area contributed by atoms with Gasteiger partial charge in [0.25, 0.3) is 5.69 Å². The van der Waals surface area contributed by atoms with Crippen molar-refractivity contribution in [3.05, 3.63) is 33.3 Å². The molecule has 1 fully saturated rings. The molecule has 2 N–H and O–H groups in total. The molecule has 0 aromatic heterocycles. The van der Waals surface area contributed by atoms with E-state index in [0.29, 0.717) is 5.69 Å². The van der Waals surface area contributed by atoms with E-state index in [1.807, 2.05) is 0 Å². The average molecular weight is 312 g/mol. The van der Waals surface area contributed by atoms with Crippen LogP contribution in [0.3, 0.4) is 0 Å². The smallest absolute Gasteiger partial charge is 0.319 e. The predicted molar refractivity (Wildman–Crippen MR) is 81.8 cm³/mol. The minimum Gasteiger partial charge on any atom is -0.335 e. The lowest BCUT2D eigenvalue weighted by Crippen LogP contribution is -2.37. The maximum Gasteiger partial charge on any atom is 0.319 e. The van der Waals surface area contributed by atoms with Crippen molar-refractivity contribution >= 4 is 29.0 Å². The summed E-state index contributed by atoms with van der Waals surface area (Å²) in [5.41, 5.74) is 0.267. The van der Waals surface area contributed by atoms with Crippen LogP contribution >= 0.6 is 11.6 Å². The largest absolute Gasteiger partial charge is 0.335 e. The third-order valence-corrected chi connectivity index (χ3v) is 3.91. The van der Waals surface area contributed by atoms with Gasteiger partial charge in [0.2, 0.25) is 0 Å². The van der Waals surface area contributed by atoms with Crippen LogP contribution in [0, 0.1) is 10.1 Å². The van der Waals surface area contributed by atoms with Gasteiger partial charge in [0.1, 0.15) is 0 Å². The van der Waals surface area contributed by atoms with E-state index in [1.54, 1.807) is 0 Å². The third kappa shape index (κ3) is 4.60. The highest BCUT2D eigenvalue weighted by atomic mass is 35.5. The molecule has 0 bridgehead atoms. The number of carbonyl (C=O) groups excluding carboxylic acids is 1. The zero-order valence-corrected chi connectivity index (χ0v) is 12.4. The summed E-state index contributed by atoms with van der Waals surface area (Å²) >= 11 is 5.94. The van der Waals surface area contributed by atoms with Crippen molar-refractivity contribution in [3.63, 3.8) is 0 Å². The Morgan fingerprint density at radius 3 is 2.48 bits per heavy atom. The number of halogens is 1. The first kappa shape index (κ1) is 15.6. The number of nitro benzene ring substituents is 1. The molecule has 0 unspecified atom stereocenters. The molecule has 2 amide bonds. The number of amides is 2. The predicted octanol–water partition coefficient (Wildman–Crippen LogP) is 4.09. The fraction of sp³-hybridized carbons (Fsp3) is 0.500. The molecule has 114 valence electrons. The molecule has 6 nitrogen and oxygen atoms in total. The molecule has 0 saturated heterocycles. The minimum absolute atomic E-state index is 0.102. The number of nitro groups is 1. The molecule has 1 aliphatic carbocycles. The molecule has 0 aliphatic heterocycles. The summed E-state index contributed by atoms with van der Waals surface area (Å²) in [5.74, 6) is 0. The highest BCUT2D eigenvalue weighted by Gasteiger charge is 2.16. The molecular weight excluding hydrogens is 294 g/mol. The van der Waals surface area contributed by atoms with Gasteiger partial charge in [0, 0.05) is 18.2 Å². The van der Waals surface area contributed by atoms with E-state index < -0.39 is 4.92 Å².